The Morgan fingerprint density at radius 1 is 1.52 bits per heavy atom. The summed E-state index contributed by atoms with van der Waals surface area (Å²) in [6.45, 7) is 4.27. The summed E-state index contributed by atoms with van der Waals surface area (Å²) >= 11 is 0. The number of carbonyl (C=O) groups is 1. The third-order valence-electron chi connectivity index (χ3n) is 4.23. The van der Waals surface area contributed by atoms with E-state index in [0.717, 1.165) is 12.8 Å². The number of non-ortho nitro benzene ring substituents is 1. The lowest BCUT2D eigenvalue weighted by atomic mass is 9.90. The number of carbonyl (C=O) groups excluding carboxylic acids is 1. The first-order chi connectivity index (χ1) is 9.95. The summed E-state index contributed by atoms with van der Waals surface area (Å²) in [6, 6.07) is 4.09. The van der Waals surface area contributed by atoms with Gasteiger partial charge in [0.1, 0.15) is 0 Å². The molecular formula is C15H20N2O4. The number of nitro benzene ring substituents is 1. The van der Waals surface area contributed by atoms with Crippen LogP contribution in [0, 0.1) is 23.0 Å². The second kappa shape index (κ2) is 6.22. The van der Waals surface area contributed by atoms with Crippen LogP contribution in [-0.2, 0) is 0 Å². The molecule has 6 nitrogen and oxygen atoms in total. The van der Waals surface area contributed by atoms with Crippen molar-refractivity contribution < 1.29 is 14.8 Å². The predicted molar refractivity (Wildman–Crippen MR) is 78.1 cm³/mol. The van der Waals surface area contributed by atoms with Gasteiger partial charge in [-0.05, 0) is 31.2 Å². The summed E-state index contributed by atoms with van der Waals surface area (Å²) in [7, 11) is 0. The number of nitro groups is 1. The Balaban J connectivity index is 2.34. The molecule has 0 bridgehead atoms. The van der Waals surface area contributed by atoms with Crippen molar-refractivity contribution in [3.8, 4) is 0 Å². The van der Waals surface area contributed by atoms with Crippen molar-refractivity contribution in [2.45, 2.75) is 32.7 Å². The van der Waals surface area contributed by atoms with Gasteiger partial charge >= 0.3 is 0 Å². The van der Waals surface area contributed by atoms with Gasteiger partial charge in [-0.1, -0.05) is 13.0 Å². The molecule has 0 saturated carbocycles. The van der Waals surface area contributed by atoms with E-state index in [0.29, 0.717) is 17.7 Å². The van der Waals surface area contributed by atoms with E-state index in [4.69, 9.17) is 0 Å². The predicted octanol–water partition coefficient (Wildman–Crippen LogP) is 2.14. The molecule has 0 aliphatic carbocycles. The van der Waals surface area contributed by atoms with Crippen LogP contribution < -0.4 is 0 Å². The normalized spacial score (nSPS) is 22.1. The minimum Gasteiger partial charge on any atom is -0.394 e. The molecular weight excluding hydrogens is 272 g/mol. The molecule has 1 amide bonds. The molecule has 2 rings (SSSR count). The van der Waals surface area contributed by atoms with E-state index < -0.39 is 4.92 Å². The number of nitrogens with zero attached hydrogens (tertiary/aromatic N) is 2. The molecule has 1 fully saturated rings. The van der Waals surface area contributed by atoms with Gasteiger partial charge in [0.05, 0.1) is 17.6 Å². The van der Waals surface area contributed by atoms with Crippen molar-refractivity contribution in [1.29, 1.82) is 0 Å². The fourth-order valence-corrected chi connectivity index (χ4v) is 2.89. The first-order valence-corrected chi connectivity index (χ1v) is 7.12. The van der Waals surface area contributed by atoms with Crippen LogP contribution >= 0.6 is 0 Å². The Morgan fingerprint density at radius 3 is 2.86 bits per heavy atom. The SMILES string of the molecule is Cc1ccc([N+](=O)[O-])cc1C(=O)N1CCCC(C)C1CO. The Labute approximate surface area is 123 Å². The minimum absolute atomic E-state index is 0.0825. The summed E-state index contributed by atoms with van der Waals surface area (Å²) in [5.41, 5.74) is 0.965. The lowest BCUT2D eigenvalue weighted by Crippen LogP contribution is -2.49. The third kappa shape index (κ3) is 3.05. The van der Waals surface area contributed by atoms with Crippen molar-refractivity contribution in [3.05, 3.63) is 39.4 Å². The van der Waals surface area contributed by atoms with Crippen LogP contribution in [0.5, 0.6) is 0 Å². The van der Waals surface area contributed by atoms with Gasteiger partial charge in [-0.15, -0.1) is 0 Å². The fraction of sp³-hybridized carbons (Fsp3) is 0.533. The molecule has 1 saturated heterocycles. The molecule has 6 heteroatoms. The van der Waals surface area contributed by atoms with Crippen molar-refractivity contribution in [2.24, 2.45) is 5.92 Å². The smallest absolute Gasteiger partial charge is 0.270 e. The highest BCUT2D eigenvalue weighted by atomic mass is 16.6. The number of aliphatic hydroxyl groups is 1. The maximum absolute atomic E-state index is 12.7. The maximum atomic E-state index is 12.7. The number of amides is 1. The van der Waals surface area contributed by atoms with Crippen LogP contribution in [0.15, 0.2) is 18.2 Å². The number of likely N-dealkylation sites (tertiary alicyclic amines) is 1. The van der Waals surface area contributed by atoms with E-state index in [1.165, 1.54) is 12.1 Å². The summed E-state index contributed by atoms with van der Waals surface area (Å²) in [4.78, 5) is 24.7. The highest BCUT2D eigenvalue weighted by molar-refractivity contribution is 5.96. The van der Waals surface area contributed by atoms with Gasteiger partial charge in [0, 0.05) is 24.2 Å². The molecule has 1 aliphatic heterocycles. The molecule has 0 spiro atoms. The van der Waals surface area contributed by atoms with Gasteiger partial charge in [0.15, 0.2) is 0 Å². The Morgan fingerprint density at radius 2 is 2.24 bits per heavy atom. The molecule has 2 atom stereocenters. The van der Waals surface area contributed by atoms with E-state index >= 15 is 0 Å². The number of benzene rings is 1. The Bertz CT molecular complexity index is 559. The largest absolute Gasteiger partial charge is 0.394 e. The van der Waals surface area contributed by atoms with Crippen LogP contribution in [0.1, 0.15) is 35.7 Å². The van der Waals surface area contributed by atoms with Crippen molar-refractivity contribution in [2.75, 3.05) is 13.2 Å². The topological polar surface area (TPSA) is 83.7 Å². The van der Waals surface area contributed by atoms with E-state index in [-0.39, 0.29) is 30.2 Å². The summed E-state index contributed by atoms with van der Waals surface area (Å²) in [5.74, 6) is -0.00601. The molecule has 114 valence electrons. The zero-order valence-corrected chi connectivity index (χ0v) is 12.3. The second-order valence-electron chi connectivity index (χ2n) is 5.62. The summed E-state index contributed by atoms with van der Waals surface area (Å²) < 4.78 is 0. The van der Waals surface area contributed by atoms with Gasteiger partial charge < -0.3 is 10.0 Å². The number of aryl methyl sites for hydroxylation is 1. The first-order valence-electron chi connectivity index (χ1n) is 7.12. The van der Waals surface area contributed by atoms with Crippen LogP contribution in [0.25, 0.3) is 0 Å². The van der Waals surface area contributed by atoms with E-state index in [9.17, 15) is 20.0 Å². The minimum atomic E-state index is -0.501. The molecule has 2 unspecified atom stereocenters. The van der Waals surface area contributed by atoms with Crippen molar-refractivity contribution >= 4 is 11.6 Å². The number of rotatable bonds is 3. The summed E-state index contributed by atoms with van der Waals surface area (Å²) in [6.07, 6.45) is 1.86. The van der Waals surface area contributed by atoms with Crippen molar-refractivity contribution in [3.63, 3.8) is 0 Å². The average molecular weight is 292 g/mol. The zero-order chi connectivity index (χ0) is 15.6. The van der Waals surface area contributed by atoms with Crippen molar-refractivity contribution in [1.82, 2.24) is 4.90 Å². The van der Waals surface area contributed by atoms with E-state index in [2.05, 4.69) is 0 Å². The number of hydrogen-bond donors (Lipinski definition) is 1. The van der Waals surface area contributed by atoms with Gasteiger partial charge in [-0.25, -0.2) is 0 Å². The second-order valence-corrected chi connectivity index (χ2v) is 5.62. The van der Waals surface area contributed by atoms with Gasteiger partial charge in [-0.3, -0.25) is 14.9 Å². The maximum Gasteiger partial charge on any atom is 0.270 e. The van der Waals surface area contributed by atoms with E-state index in [1.807, 2.05) is 6.92 Å². The van der Waals surface area contributed by atoms with Gasteiger partial charge in [0.2, 0.25) is 0 Å². The monoisotopic (exact) mass is 292 g/mol. The number of piperidine rings is 1. The molecule has 1 aliphatic rings. The van der Waals surface area contributed by atoms with Crippen LogP contribution in [0.4, 0.5) is 5.69 Å². The third-order valence-corrected chi connectivity index (χ3v) is 4.23. The van der Waals surface area contributed by atoms with Crippen LogP contribution in [-0.4, -0.2) is 40.0 Å². The fourth-order valence-electron chi connectivity index (χ4n) is 2.89. The number of aliphatic hydroxyl groups excluding tert-OH is 1. The highest BCUT2D eigenvalue weighted by Crippen LogP contribution is 2.26. The van der Waals surface area contributed by atoms with Crippen LogP contribution in [0.3, 0.4) is 0 Å². The molecule has 0 aromatic heterocycles. The molecule has 1 N–H and O–H groups in total. The first kappa shape index (κ1) is 15.4. The average Bonchev–Trinajstić information content (AvgIpc) is 2.46. The molecule has 1 aromatic rings. The lowest BCUT2D eigenvalue weighted by molar-refractivity contribution is -0.384. The standard InChI is InChI=1S/C15H20N2O4/c1-10-5-6-12(17(20)21)8-13(10)15(19)16-7-3-4-11(2)14(16)9-18/h5-6,8,11,14,18H,3-4,7,9H2,1-2H3. The highest BCUT2D eigenvalue weighted by Gasteiger charge is 2.32. The quantitative estimate of drug-likeness (QED) is 0.683. The van der Waals surface area contributed by atoms with Gasteiger partial charge in [0.25, 0.3) is 11.6 Å². The lowest BCUT2D eigenvalue weighted by Gasteiger charge is -2.39. The summed E-state index contributed by atoms with van der Waals surface area (Å²) in [5, 5.41) is 20.4. The number of hydrogen-bond acceptors (Lipinski definition) is 4. The molecule has 21 heavy (non-hydrogen) atoms. The van der Waals surface area contributed by atoms with Gasteiger partial charge in [-0.2, -0.15) is 0 Å². The zero-order valence-electron chi connectivity index (χ0n) is 12.3. The van der Waals surface area contributed by atoms with Crippen LogP contribution in [0.2, 0.25) is 0 Å². The van der Waals surface area contributed by atoms with E-state index in [1.54, 1.807) is 17.9 Å². The molecule has 1 aromatic carbocycles. The molecule has 0 radical (unpaired) electrons. The molecule has 1 heterocycles. The Kier molecular flexibility index (Phi) is 4.57. The Hall–Kier alpha value is -1.95.